The van der Waals surface area contributed by atoms with Crippen molar-refractivity contribution in [2.75, 3.05) is 13.1 Å². The van der Waals surface area contributed by atoms with Gasteiger partial charge in [0, 0.05) is 24.7 Å². The van der Waals surface area contributed by atoms with Gasteiger partial charge in [0.25, 0.3) is 0 Å². The normalized spacial score (nSPS) is 35.1. The van der Waals surface area contributed by atoms with Gasteiger partial charge in [0.15, 0.2) is 0 Å². The zero-order chi connectivity index (χ0) is 11.9. The molecular formula is C13H20N2OS. The van der Waals surface area contributed by atoms with Gasteiger partial charge in [-0.2, -0.15) is 0 Å². The Hall–Kier alpha value is -0.450. The minimum atomic E-state index is -0.435. The van der Waals surface area contributed by atoms with Gasteiger partial charge in [0.1, 0.15) is 5.01 Å². The summed E-state index contributed by atoms with van der Waals surface area (Å²) in [6.45, 7) is 4.93. The third kappa shape index (κ3) is 2.02. The van der Waals surface area contributed by atoms with Crippen LogP contribution in [0.1, 0.15) is 31.2 Å². The molecule has 0 amide bonds. The minimum Gasteiger partial charge on any atom is -0.388 e. The summed E-state index contributed by atoms with van der Waals surface area (Å²) in [5, 5.41) is 14.0. The van der Waals surface area contributed by atoms with E-state index in [1.807, 2.05) is 11.6 Å². The van der Waals surface area contributed by atoms with Gasteiger partial charge in [0.2, 0.25) is 0 Å². The average Bonchev–Trinajstić information content (AvgIpc) is 2.74. The fraction of sp³-hybridized carbons (Fsp3) is 0.769. The molecule has 1 saturated carbocycles. The molecule has 94 valence electrons. The van der Waals surface area contributed by atoms with E-state index in [-0.39, 0.29) is 0 Å². The fourth-order valence-corrected chi connectivity index (χ4v) is 3.86. The van der Waals surface area contributed by atoms with Crippen molar-refractivity contribution in [1.29, 1.82) is 0 Å². The molecule has 0 spiro atoms. The highest BCUT2D eigenvalue weighted by molar-refractivity contribution is 7.09. The predicted octanol–water partition coefficient (Wildman–Crippen LogP) is 2.13. The Morgan fingerprint density at radius 1 is 1.59 bits per heavy atom. The van der Waals surface area contributed by atoms with Crippen molar-refractivity contribution in [3.8, 4) is 0 Å². The molecule has 1 saturated heterocycles. The molecule has 4 heteroatoms. The summed E-state index contributed by atoms with van der Waals surface area (Å²) >= 11 is 1.70. The second-order valence-corrected chi connectivity index (χ2v) is 6.59. The average molecular weight is 252 g/mol. The summed E-state index contributed by atoms with van der Waals surface area (Å²) in [5.74, 6) is 0.937. The molecule has 0 radical (unpaired) electrons. The van der Waals surface area contributed by atoms with Gasteiger partial charge in [-0.3, -0.25) is 4.90 Å². The third-order valence-electron chi connectivity index (χ3n) is 4.52. The lowest BCUT2D eigenvalue weighted by atomic mass is 9.69. The van der Waals surface area contributed by atoms with Gasteiger partial charge in [-0.1, -0.05) is 13.3 Å². The molecule has 2 heterocycles. The summed E-state index contributed by atoms with van der Waals surface area (Å²) in [6, 6.07) is 0. The molecule has 1 aliphatic heterocycles. The van der Waals surface area contributed by atoms with E-state index in [0.717, 1.165) is 24.6 Å². The quantitative estimate of drug-likeness (QED) is 0.895. The van der Waals surface area contributed by atoms with Crippen LogP contribution in [0.25, 0.3) is 0 Å². The number of rotatable bonds is 3. The first-order chi connectivity index (χ1) is 8.18. The molecule has 1 aromatic rings. The van der Waals surface area contributed by atoms with Gasteiger partial charge in [-0.15, -0.1) is 11.3 Å². The van der Waals surface area contributed by atoms with Crippen LogP contribution in [0.3, 0.4) is 0 Å². The van der Waals surface area contributed by atoms with Crippen LogP contribution in [0.5, 0.6) is 0 Å². The molecule has 1 aliphatic carbocycles. The van der Waals surface area contributed by atoms with Crippen LogP contribution in [-0.4, -0.2) is 33.7 Å². The lowest BCUT2D eigenvalue weighted by Gasteiger charge is -2.41. The Morgan fingerprint density at radius 3 is 3.00 bits per heavy atom. The van der Waals surface area contributed by atoms with Crippen molar-refractivity contribution < 1.29 is 5.11 Å². The summed E-state index contributed by atoms with van der Waals surface area (Å²) in [4.78, 5) is 6.69. The van der Waals surface area contributed by atoms with Crippen LogP contribution < -0.4 is 0 Å². The number of thiazole rings is 1. The number of aromatic nitrogens is 1. The monoisotopic (exact) mass is 252 g/mol. The number of β-amino-alcohol motifs (C(OH)–C–C–N with tert-alkyl or cyclic N) is 1. The molecule has 3 nitrogen and oxygen atoms in total. The van der Waals surface area contributed by atoms with Gasteiger partial charge < -0.3 is 5.11 Å². The van der Waals surface area contributed by atoms with Crippen molar-refractivity contribution in [3.05, 3.63) is 16.6 Å². The van der Waals surface area contributed by atoms with Crippen LogP contribution in [0.2, 0.25) is 0 Å². The van der Waals surface area contributed by atoms with Crippen LogP contribution in [-0.2, 0) is 6.54 Å². The minimum absolute atomic E-state index is 0.396. The van der Waals surface area contributed by atoms with E-state index in [9.17, 15) is 5.11 Å². The van der Waals surface area contributed by atoms with Crippen molar-refractivity contribution in [2.45, 2.75) is 38.3 Å². The van der Waals surface area contributed by atoms with Crippen LogP contribution in [0, 0.1) is 11.8 Å². The Labute approximate surface area is 106 Å². The first kappa shape index (κ1) is 11.6. The number of hydrogen-bond acceptors (Lipinski definition) is 4. The van der Waals surface area contributed by atoms with E-state index < -0.39 is 5.60 Å². The van der Waals surface area contributed by atoms with E-state index in [2.05, 4.69) is 16.8 Å². The van der Waals surface area contributed by atoms with E-state index >= 15 is 0 Å². The lowest BCUT2D eigenvalue weighted by molar-refractivity contribution is -0.0672. The maximum atomic E-state index is 10.8. The molecule has 2 atom stereocenters. The second kappa shape index (κ2) is 4.34. The molecule has 0 unspecified atom stereocenters. The van der Waals surface area contributed by atoms with Gasteiger partial charge >= 0.3 is 0 Å². The molecule has 17 heavy (non-hydrogen) atoms. The zero-order valence-electron chi connectivity index (χ0n) is 10.3. The van der Waals surface area contributed by atoms with Crippen molar-refractivity contribution in [3.63, 3.8) is 0 Å². The second-order valence-electron chi connectivity index (χ2n) is 5.62. The molecule has 2 aliphatic rings. The summed E-state index contributed by atoms with van der Waals surface area (Å²) in [6.07, 6.45) is 5.58. The Morgan fingerprint density at radius 2 is 2.41 bits per heavy atom. The van der Waals surface area contributed by atoms with Gasteiger partial charge in [-0.25, -0.2) is 4.98 Å². The topological polar surface area (TPSA) is 36.4 Å². The highest BCUT2D eigenvalue weighted by Crippen LogP contribution is 2.44. The number of nitrogens with zero attached hydrogens (tertiary/aromatic N) is 2. The van der Waals surface area contributed by atoms with E-state index in [0.29, 0.717) is 11.8 Å². The standard InChI is InChI=1S/C13H20N2OS/c1-10-7-15(8-12-14-5-6-17-12)9-13(10,16)11-3-2-4-11/h5-6,10-11,16H,2-4,7-9H2,1H3/t10-,13+/m0/s1. The van der Waals surface area contributed by atoms with E-state index in [4.69, 9.17) is 0 Å². The van der Waals surface area contributed by atoms with E-state index in [1.165, 1.54) is 19.3 Å². The Bertz CT molecular complexity index is 377. The van der Waals surface area contributed by atoms with Crippen LogP contribution in [0.15, 0.2) is 11.6 Å². The molecule has 2 fully saturated rings. The summed E-state index contributed by atoms with van der Waals surface area (Å²) in [7, 11) is 0. The maximum Gasteiger partial charge on any atom is 0.107 e. The molecule has 1 aromatic heterocycles. The largest absolute Gasteiger partial charge is 0.388 e. The first-order valence-corrected chi connectivity index (χ1v) is 7.39. The Balaban J connectivity index is 1.66. The van der Waals surface area contributed by atoms with Crippen LogP contribution in [0.4, 0.5) is 0 Å². The third-order valence-corrected chi connectivity index (χ3v) is 5.28. The summed E-state index contributed by atoms with van der Waals surface area (Å²) in [5.41, 5.74) is -0.435. The lowest BCUT2D eigenvalue weighted by Crippen LogP contribution is -2.47. The molecular weight excluding hydrogens is 232 g/mol. The smallest absolute Gasteiger partial charge is 0.107 e. The van der Waals surface area contributed by atoms with Crippen molar-refractivity contribution >= 4 is 11.3 Å². The zero-order valence-corrected chi connectivity index (χ0v) is 11.1. The van der Waals surface area contributed by atoms with E-state index in [1.54, 1.807) is 11.3 Å². The molecule has 1 N–H and O–H groups in total. The molecule has 0 aromatic carbocycles. The SMILES string of the molecule is C[C@H]1CN(Cc2nccs2)C[C@]1(O)C1CCC1. The number of likely N-dealkylation sites (tertiary alicyclic amines) is 1. The predicted molar refractivity (Wildman–Crippen MR) is 68.8 cm³/mol. The first-order valence-electron chi connectivity index (χ1n) is 6.51. The molecule has 0 bridgehead atoms. The Kier molecular flexibility index (Phi) is 2.97. The van der Waals surface area contributed by atoms with Crippen molar-refractivity contribution in [2.24, 2.45) is 11.8 Å². The van der Waals surface area contributed by atoms with Crippen molar-refractivity contribution in [1.82, 2.24) is 9.88 Å². The number of aliphatic hydroxyl groups is 1. The highest BCUT2D eigenvalue weighted by atomic mass is 32.1. The summed E-state index contributed by atoms with van der Waals surface area (Å²) < 4.78 is 0. The maximum absolute atomic E-state index is 10.8. The molecule has 3 rings (SSSR count). The number of hydrogen-bond donors (Lipinski definition) is 1. The highest BCUT2D eigenvalue weighted by Gasteiger charge is 2.49. The van der Waals surface area contributed by atoms with Crippen LogP contribution >= 0.6 is 11.3 Å². The van der Waals surface area contributed by atoms with Gasteiger partial charge in [-0.05, 0) is 24.7 Å². The van der Waals surface area contributed by atoms with Gasteiger partial charge in [0.05, 0.1) is 12.1 Å². The fourth-order valence-electron chi connectivity index (χ4n) is 3.21.